The number of benzene rings is 4. The lowest BCUT2D eigenvalue weighted by Gasteiger charge is -2.28. The average molecular weight is 306 g/mol. The molecule has 0 saturated heterocycles. The molecule has 0 unspecified atom stereocenters. The second kappa shape index (κ2) is 4.18. The van der Waals surface area contributed by atoms with Crippen LogP contribution in [-0.4, -0.2) is 0 Å². The smallest absolute Gasteiger partial charge is 0.0471 e. The molecule has 0 atom stereocenters. The highest BCUT2D eigenvalue weighted by Crippen LogP contribution is 2.51. The van der Waals surface area contributed by atoms with Crippen molar-refractivity contribution in [3.8, 4) is 22.3 Å². The van der Waals surface area contributed by atoms with Crippen molar-refractivity contribution in [2.24, 2.45) is 0 Å². The van der Waals surface area contributed by atoms with E-state index in [2.05, 4.69) is 83.4 Å². The molecule has 24 heavy (non-hydrogen) atoms. The third-order valence-electron chi connectivity index (χ3n) is 5.13. The second-order valence-electron chi connectivity index (χ2n) is 6.41. The number of rotatable bonds is 0. The highest BCUT2D eigenvalue weighted by molar-refractivity contribution is 6.21. The lowest BCUT2D eigenvalue weighted by Crippen LogP contribution is -2.06. The number of para-hydroxylation sites is 2. The van der Waals surface area contributed by atoms with Gasteiger partial charge in [0.1, 0.15) is 0 Å². The van der Waals surface area contributed by atoms with Gasteiger partial charge in [-0.3, -0.25) is 0 Å². The van der Waals surface area contributed by atoms with E-state index in [9.17, 15) is 0 Å². The van der Waals surface area contributed by atoms with E-state index in [0.717, 1.165) is 0 Å². The Morgan fingerprint density at radius 3 is 1.33 bits per heavy atom. The van der Waals surface area contributed by atoms with Crippen LogP contribution in [-0.2, 0) is 0 Å². The van der Waals surface area contributed by atoms with Crippen LogP contribution in [0.15, 0.2) is 72.8 Å². The molecule has 0 spiro atoms. The normalized spacial score (nSPS) is 12.8. The quantitative estimate of drug-likeness (QED) is 0.345. The standard InChI is InChI=1S/C22H14N2/c1-3-7-17-13(5-1)15-9-11-20-22-16(10-12-19(23-17)21(15)22)14-6-2-4-8-18(14)24-20/h1-12,23-24H. The minimum atomic E-state index is 1.18. The first-order valence-corrected chi connectivity index (χ1v) is 8.23. The summed E-state index contributed by atoms with van der Waals surface area (Å²) in [6.07, 6.45) is 0. The summed E-state index contributed by atoms with van der Waals surface area (Å²) in [7, 11) is 0. The molecule has 2 aliphatic rings. The van der Waals surface area contributed by atoms with E-state index in [1.807, 2.05) is 0 Å². The van der Waals surface area contributed by atoms with Crippen LogP contribution in [0.5, 0.6) is 0 Å². The molecule has 0 fully saturated rings. The van der Waals surface area contributed by atoms with Gasteiger partial charge in [0.15, 0.2) is 0 Å². The molecule has 2 heteroatoms. The van der Waals surface area contributed by atoms with Crippen LogP contribution in [0.25, 0.3) is 33.0 Å². The van der Waals surface area contributed by atoms with Crippen molar-refractivity contribution in [3.63, 3.8) is 0 Å². The fourth-order valence-corrected chi connectivity index (χ4v) is 4.10. The first-order valence-electron chi connectivity index (χ1n) is 8.23. The Kier molecular flexibility index (Phi) is 2.12. The summed E-state index contributed by atoms with van der Waals surface area (Å²) in [5, 5.41) is 9.83. The van der Waals surface area contributed by atoms with Gasteiger partial charge in [-0.05, 0) is 35.4 Å². The highest BCUT2D eigenvalue weighted by Gasteiger charge is 2.24. The molecule has 0 bridgehead atoms. The van der Waals surface area contributed by atoms with E-state index in [1.165, 1.54) is 55.8 Å². The molecule has 112 valence electrons. The van der Waals surface area contributed by atoms with Crippen molar-refractivity contribution >= 4 is 33.5 Å². The van der Waals surface area contributed by atoms with Gasteiger partial charge >= 0.3 is 0 Å². The van der Waals surface area contributed by atoms with Gasteiger partial charge < -0.3 is 10.6 Å². The van der Waals surface area contributed by atoms with Crippen LogP contribution in [0.2, 0.25) is 0 Å². The van der Waals surface area contributed by atoms with Crippen molar-refractivity contribution in [2.45, 2.75) is 0 Å². The van der Waals surface area contributed by atoms with Gasteiger partial charge in [0.2, 0.25) is 0 Å². The molecule has 6 rings (SSSR count). The maximum Gasteiger partial charge on any atom is 0.0471 e. The first-order chi connectivity index (χ1) is 11.9. The van der Waals surface area contributed by atoms with Crippen molar-refractivity contribution in [1.82, 2.24) is 0 Å². The van der Waals surface area contributed by atoms with Gasteiger partial charge in [0.05, 0.1) is 0 Å². The fraction of sp³-hybridized carbons (Fsp3) is 0. The largest absolute Gasteiger partial charge is 0.354 e. The Morgan fingerprint density at radius 2 is 0.833 bits per heavy atom. The van der Waals surface area contributed by atoms with Gasteiger partial charge in [0.25, 0.3) is 0 Å². The summed E-state index contributed by atoms with van der Waals surface area (Å²) < 4.78 is 0. The van der Waals surface area contributed by atoms with Crippen LogP contribution in [0.4, 0.5) is 22.7 Å². The summed E-state index contributed by atoms with van der Waals surface area (Å²) in [6.45, 7) is 0. The third kappa shape index (κ3) is 1.41. The molecule has 2 heterocycles. The molecule has 4 aromatic carbocycles. The van der Waals surface area contributed by atoms with Gasteiger partial charge in [0, 0.05) is 44.6 Å². The van der Waals surface area contributed by atoms with Crippen molar-refractivity contribution in [1.29, 1.82) is 0 Å². The monoisotopic (exact) mass is 306 g/mol. The predicted octanol–water partition coefficient (Wildman–Crippen LogP) is 6.29. The third-order valence-corrected chi connectivity index (χ3v) is 5.13. The van der Waals surface area contributed by atoms with Crippen molar-refractivity contribution in [2.75, 3.05) is 10.6 Å². The summed E-state index contributed by atoms with van der Waals surface area (Å²) >= 11 is 0. The van der Waals surface area contributed by atoms with Crippen molar-refractivity contribution < 1.29 is 0 Å². The summed E-state index contributed by atoms with van der Waals surface area (Å²) in [6, 6.07) is 26.0. The topological polar surface area (TPSA) is 24.1 Å². The van der Waals surface area contributed by atoms with Gasteiger partial charge in [-0.1, -0.05) is 48.5 Å². The zero-order valence-electron chi connectivity index (χ0n) is 12.9. The number of hydrogen-bond donors (Lipinski definition) is 2. The Morgan fingerprint density at radius 1 is 0.375 bits per heavy atom. The summed E-state index contributed by atoms with van der Waals surface area (Å²) in [5.41, 5.74) is 9.88. The molecule has 0 aliphatic carbocycles. The zero-order valence-corrected chi connectivity index (χ0v) is 12.9. The van der Waals surface area contributed by atoms with Crippen LogP contribution in [0.3, 0.4) is 0 Å². The van der Waals surface area contributed by atoms with E-state index in [1.54, 1.807) is 0 Å². The predicted molar refractivity (Wildman–Crippen MR) is 101 cm³/mol. The molecule has 0 amide bonds. The number of fused-ring (bicyclic) bond motifs is 4. The van der Waals surface area contributed by atoms with E-state index < -0.39 is 0 Å². The Labute approximate surface area is 139 Å². The van der Waals surface area contributed by atoms with E-state index in [-0.39, 0.29) is 0 Å². The fourth-order valence-electron chi connectivity index (χ4n) is 4.10. The second-order valence-corrected chi connectivity index (χ2v) is 6.41. The highest BCUT2D eigenvalue weighted by atomic mass is 14.9. The maximum absolute atomic E-state index is 3.60. The lowest BCUT2D eigenvalue weighted by atomic mass is 9.86. The van der Waals surface area contributed by atoms with Crippen molar-refractivity contribution in [3.05, 3.63) is 72.8 Å². The van der Waals surface area contributed by atoms with E-state index in [0.29, 0.717) is 0 Å². The molecule has 0 saturated carbocycles. The molecule has 4 aromatic rings. The minimum Gasteiger partial charge on any atom is -0.354 e. The Hall–Kier alpha value is -3.26. The maximum atomic E-state index is 3.60. The Bertz CT molecular complexity index is 1070. The SMILES string of the molecule is c1ccc2c(c1)Nc1ccc3c4c(ccc-2c14)Nc1ccccc1-3. The van der Waals surface area contributed by atoms with Crippen LogP contribution >= 0.6 is 0 Å². The van der Waals surface area contributed by atoms with Crippen LogP contribution in [0, 0.1) is 0 Å². The van der Waals surface area contributed by atoms with Crippen LogP contribution in [0.1, 0.15) is 0 Å². The molecule has 0 radical (unpaired) electrons. The van der Waals surface area contributed by atoms with Gasteiger partial charge in [-0.25, -0.2) is 0 Å². The molecule has 2 aliphatic heterocycles. The van der Waals surface area contributed by atoms with Gasteiger partial charge in [-0.2, -0.15) is 0 Å². The number of nitrogens with one attached hydrogen (secondary N) is 2. The zero-order chi connectivity index (χ0) is 15.7. The molecule has 0 aromatic heterocycles. The summed E-state index contributed by atoms with van der Waals surface area (Å²) in [5.74, 6) is 0. The molecular formula is C22H14N2. The summed E-state index contributed by atoms with van der Waals surface area (Å²) in [4.78, 5) is 0. The number of hydrogen-bond acceptors (Lipinski definition) is 2. The van der Waals surface area contributed by atoms with E-state index in [4.69, 9.17) is 0 Å². The van der Waals surface area contributed by atoms with E-state index >= 15 is 0 Å². The molecule has 2 nitrogen and oxygen atoms in total. The molecule has 2 N–H and O–H groups in total. The average Bonchev–Trinajstić information content (AvgIpc) is 2.65. The van der Waals surface area contributed by atoms with Gasteiger partial charge in [-0.15, -0.1) is 0 Å². The minimum absolute atomic E-state index is 1.18. The lowest BCUT2D eigenvalue weighted by molar-refractivity contribution is 1.49. The number of anilines is 4. The van der Waals surface area contributed by atoms with Crippen LogP contribution < -0.4 is 10.6 Å². The first kappa shape index (κ1) is 12.2. The Balaban J connectivity index is 1.80. The molecular weight excluding hydrogens is 292 g/mol.